The molecule has 5 nitrogen and oxygen atoms in total. The molecule has 98 valence electrons. The summed E-state index contributed by atoms with van der Waals surface area (Å²) in [6.45, 7) is 0. The zero-order valence-electron chi connectivity index (χ0n) is 10.1. The SMILES string of the molecule is COc1cc(-c2cnc(N)c(C(=O)O)c2)ccc1F. The Balaban J connectivity index is 2.53. The predicted octanol–water partition coefficient (Wildman–Crippen LogP) is 2.18. The Labute approximate surface area is 108 Å². The van der Waals surface area contributed by atoms with E-state index in [0.717, 1.165) is 0 Å². The molecular formula is C13H11FN2O3. The Morgan fingerprint density at radius 2 is 2.11 bits per heavy atom. The molecule has 6 heteroatoms. The number of nitrogen functional groups attached to an aromatic ring is 1. The summed E-state index contributed by atoms with van der Waals surface area (Å²) in [6, 6.07) is 5.60. The van der Waals surface area contributed by atoms with Gasteiger partial charge in [0.15, 0.2) is 11.6 Å². The average molecular weight is 262 g/mol. The number of hydrogen-bond acceptors (Lipinski definition) is 4. The Morgan fingerprint density at radius 3 is 2.74 bits per heavy atom. The number of carboxylic acids is 1. The lowest BCUT2D eigenvalue weighted by Crippen LogP contribution is -2.04. The van der Waals surface area contributed by atoms with Gasteiger partial charge in [-0.1, -0.05) is 6.07 Å². The lowest BCUT2D eigenvalue weighted by molar-refractivity contribution is 0.0697. The number of carbonyl (C=O) groups is 1. The molecular weight excluding hydrogens is 251 g/mol. The highest BCUT2D eigenvalue weighted by Crippen LogP contribution is 2.27. The van der Waals surface area contributed by atoms with Crippen LogP contribution in [0, 0.1) is 5.82 Å². The van der Waals surface area contributed by atoms with Gasteiger partial charge in [0.2, 0.25) is 0 Å². The van der Waals surface area contributed by atoms with Crippen LogP contribution in [0.3, 0.4) is 0 Å². The number of anilines is 1. The summed E-state index contributed by atoms with van der Waals surface area (Å²) in [4.78, 5) is 14.8. The third-order valence-corrected chi connectivity index (χ3v) is 2.63. The number of methoxy groups -OCH3 is 1. The molecule has 1 aromatic carbocycles. The summed E-state index contributed by atoms with van der Waals surface area (Å²) < 4.78 is 18.2. The van der Waals surface area contributed by atoms with E-state index >= 15 is 0 Å². The molecule has 0 fully saturated rings. The highest BCUT2D eigenvalue weighted by molar-refractivity contribution is 5.94. The number of hydrogen-bond donors (Lipinski definition) is 2. The van der Waals surface area contributed by atoms with Crippen LogP contribution in [-0.2, 0) is 0 Å². The van der Waals surface area contributed by atoms with E-state index in [1.165, 1.54) is 37.6 Å². The molecule has 19 heavy (non-hydrogen) atoms. The summed E-state index contributed by atoms with van der Waals surface area (Å²) in [5, 5.41) is 8.98. The maximum Gasteiger partial charge on any atom is 0.339 e. The van der Waals surface area contributed by atoms with Gasteiger partial charge < -0.3 is 15.6 Å². The standard InChI is InChI=1S/C13H11FN2O3/c1-19-11-5-7(2-3-10(11)14)8-4-9(13(17)18)12(15)16-6-8/h2-6H,1H3,(H2,15,16)(H,17,18). The molecule has 0 atom stereocenters. The number of benzene rings is 1. The monoisotopic (exact) mass is 262 g/mol. The Hall–Kier alpha value is -2.63. The molecule has 0 aliphatic carbocycles. The Kier molecular flexibility index (Phi) is 3.33. The summed E-state index contributed by atoms with van der Waals surface area (Å²) in [5.74, 6) is -1.65. The van der Waals surface area contributed by atoms with Crippen molar-refractivity contribution in [2.45, 2.75) is 0 Å². The molecule has 0 unspecified atom stereocenters. The highest BCUT2D eigenvalue weighted by atomic mass is 19.1. The summed E-state index contributed by atoms with van der Waals surface area (Å²) >= 11 is 0. The summed E-state index contributed by atoms with van der Waals surface area (Å²) in [5.41, 5.74) is 6.48. The van der Waals surface area contributed by atoms with Crippen LogP contribution in [0.25, 0.3) is 11.1 Å². The highest BCUT2D eigenvalue weighted by Gasteiger charge is 2.12. The normalized spacial score (nSPS) is 10.2. The average Bonchev–Trinajstić information content (AvgIpc) is 2.39. The largest absolute Gasteiger partial charge is 0.494 e. The summed E-state index contributed by atoms with van der Waals surface area (Å²) in [6.07, 6.45) is 1.43. The quantitative estimate of drug-likeness (QED) is 0.885. The molecule has 0 amide bonds. The van der Waals surface area contributed by atoms with Gasteiger partial charge in [-0.05, 0) is 23.8 Å². The van der Waals surface area contributed by atoms with Gasteiger partial charge in [0.05, 0.1) is 7.11 Å². The van der Waals surface area contributed by atoms with Crippen LogP contribution < -0.4 is 10.5 Å². The van der Waals surface area contributed by atoms with E-state index in [2.05, 4.69) is 4.98 Å². The van der Waals surface area contributed by atoms with Crippen molar-refractivity contribution in [1.29, 1.82) is 0 Å². The van der Waals surface area contributed by atoms with Crippen molar-refractivity contribution in [3.63, 3.8) is 0 Å². The molecule has 1 heterocycles. The van der Waals surface area contributed by atoms with Crippen molar-refractivity contribution in [3.05, 3.63) is 41.8 Å². The van der Waals surface area contributed by atoms with Crippen LogP contribution >= 0.6 is 0 Å². The molecule has 0 saturated carbocycles. The first-order chi connectivity index (χ1) is 9.02. The first-order valence-corrected chi connectivity index (χ1v) is 5.35. The number of halogens is 1. The van der Waals surface area contributed by atoms with Crippen LogP contribution in [0.5, 0.6) is 5.75 Å². The van der Waals surface area contributed by atoms with E-state index in [-0.39, 0.29) is 17.1 Å². The maximum absolute atomic E-state index is 13.3. The fourth-order valence-corrected chi connectivity index (χ4v) is 1.64. The number of aromatic carboxylic acids is 1. The number of nitrogens with zero attached hydrogens (tertiary/aromatic N) is 1. The molecule has 2 rings (SSSR count). The van der Waals surface area contributed by atoms with Crippen LogP contribution in [0.4, 0.5) is 10.2 Å². The topological polar surface area (TPSA) is 85.4 Å². The molecule has 0 spiro atoms. The van der Waals surface area contributed by atoms with Gasteiger partial charge in [-0.25, -0.2) is 14.2 Å². The molecule has 3 N–H and O–H groups in total. The number of nitrogens with two attached hydrogens (primary N) is 1. The second kappa shape index (κ2) is 4.93. The number of ether oxygens (including phenoxy) is 1. The number of aromatic nitrogens is 1. The fraction of sp³-hybridized carbons (Fsp3) is 0.0769. The minimum absolute atomic E-state index is 0.0645. The maximum atomic E-state index is 13.3. The van der Waals surface area contributed by atoms with Gasteiger partial charge >= 0.3 is 5.97 Å². The van der Waals surface area contributed by atoms with E-state index in [4.69, 9.17) is 15.6 Å². The third kappa shape index (κ3) is 2.47. The first kappa shape index (κ1) is 12.8. The van der Waals surface area contributed by atoms with Gasteiger partial charge in [0.1, 0.15) is 11.4 Å². The first-order valence-electron chi connectivity index (χ1n) is 5.35. The van der Waals surface area contributed by atoms with Gasteiger partial charge in [0, 0.05) is 11.8 Å². The third-order valence-electron chi connectivity index (χ3n) is 2.63. The lowest BCUT2D eigenvalue weighted by Gasteiger charge is -2.07. The molecule has 0 radical (unpaired) electrons. The minimum Gasteiger partial charge on any atom is -0.494 e. The van der Waals surface area contributed by atoms with Crippen LogP contribution in [0.15, 0.2) is 30.5 Å². The van der Waals surface area contributed by atoms with Crippen LogP contribution in [0.2, 0.25) is 0 Å². The van der Waals surface area contributed by atoms with Crippen molar-refractivity contribution in [3.8, 4) is 16.9 Å². The molecule has 2 aromatic rings. The van der Waals surface area contributed by atoms with Crippen molar-refractivity contribution in [1.82, 2.24) is 4.98 Å². The smallest absolute Gasteiger partial charge is 0.339 e. The van der Waals surface area contributed by atoms with Crippen LogP contribution in [-0.4, -0.2) is 23.2 Å². The second-order valence-electron chi connectivity index (χ2n) is 3.81. The van der Waals surface area contributed by atoms with Crippen molar-refractivity contribution < 1.29 is 19.0 Å². The molecule has 0 saturated heterocycles. The lowest BCUT2D eigenvalue weighted by atomic mass is 10.1. The summed E-state index contributed by atoms with van der Waals surface area (Å²) in [7, 11) is 1.35. The Bertz CT molecular complexity index is 644. The van der Waals surface area contributed by atoms with Crippen molar-refractivity contribution >= 4 is 11.8 Å². The number of rotatable bonds is 3. The van der Waals surface area contributed by atoms with E-state index in [0.29, 0.717) is 11.1 Å². The van der Waals surface area contributed by atoms with E-state index < -0.39 is 11.8 Å². The molecule has 0 aliphatic rings. The number of pyridine rings is 1. The second-order valence-corrected chi connectivity index (χ2v) is 3.81. The van der Waals surface area contributed by atoms with Gasteiger partial charge in [-0.15, -0.1) is 0 Å². The predicted molar refractivity (Wildman–Crippen MR) is 67.6 cm³/mol. The van der Waals surface area contributed by atoms with Crippen LogP contribution in [0.1, 0.15) is 10.4 Å². The van der Waals surface area contributed by atoms with Crippen molar-refractivity contribution in [2.24, 2.45) is 0 Å². The van der Waals surface area contributed by atoms with E-state index in [9.17, 15) is 9.18 Å². The van der Waals surface area contributed by atoms with Gasteiger partial charge in [-0.2, -0.15) is 0 Å². The molecule has 0 bridgehead atoms. The Morgan fingerprint density at radius 1 is 1.37 bits per heavy atom. The number of carboxylic acid groups (broad SMARTS) is 1. The molecule has 0 aliphatic heterocycles. The zero-order valence-corrected chi connectivity index (χ0v) is 10.1. The molecule has 1 aromatic heterocycles. The van der Waals surface area contributed by atoms with Gasteiger partial charge in [-0.3, -0.25) is 0 Å². The minimum atomic E-state index is -1.17. The zero-order chi connectivity index (χ0) is 14.0. The fourth-order valence-electron chi connectivity index (χ4n) is 1.64. The van der Waals surface area contributed by atoms with Gasteiger partial charge in [0.25, 0.3) is 0 Å². The van der Waals surface area contributed by atoms with E-state index in [1.807, 2.05) is 0 Å². The van der Waals surface area contributed by atoms with E-state index in [1.54, 1.807) is 0 Å². The van der Waals surface area contributed by atoms with Crippen molar-refractivity contribution in [2.75, 3.05) is 12.8 Å².